The highest BCUT2D eigenvalue weighted by atomic mass is 16.5. The van der Waals surface area contributed by atoms with Gasteiger partial charge < -0.3 is 15.0 Å². The zero-order valence-electron chi connectivity index (χ0n) is 21.4. The third-order valence-corrected chi connectivity index (χ3v) is 6.10. The van der Waals surface area contributed by atoms with Crippen molar-refractivity contribution >= 4 is 0 Å². The van der Waals surface area contributed by atoms with Gasteiger partial charge in [-0.25, -0.2) is 0 Å². The first-order valence-corrected chi connectivity index (χ1v) is 12.8. The molecule has 31 heavy (non-hydrogen) atoms. The molecule has 0 bridgehead atoms. The molecule has 0 aliphatic carbocycles. The molecule has 1 aromatic rings. The van der Waals surface area contributed by atoms with E-state index >= 15 is 0 Å². The van der Waals surface area contributed by atoms with Crippen molar-refractivity contribution in [2.45, 2.75) is 104 Å². The second-order valence-corrected chi connectivity index (χ2v) is 11.6. The van der Waals surface area contributed by atoms with E-state index in [2.05, 4.69) is 76.0 Å². The van der Waals surface area contributed by atoms with Gasteiger partial charge in [-0.05, 0) is 123 Å². The van der Waals surface area contributed by atoms with Gasteiger partial charge in [-0.1, -0.05) is 30.7 Å². The molecule has 0 amide bonds. The first-order valence-electron chi connectivity index (χ1n) is 12.8. The first-order chi connectivity index (χ1) is 14.6. The summed E-state index contributed by atoms with van der Waals surface area (Å²) in [6.07, 6.45) is 10.1. The third kappa shape index (κ3) is 12.7. The summed E-state index contributed by atoms with van der Waals surface area (Å²) < 4.78 is 5.82. The number of nitrogens with one attached hydrogen (secondary N) is 1. The topological polar surface area (TPSA) is 24.5 Å². The molecule has 3 nitrogen and oxygen atoms in total. The average Bonchev–Trinajstić information content (AvgIpc) is 2.68. The molecule has 1 unspecified atom stereocenters. The number of likely N-dealkylation sites (tertiary alicyclic amines) is 1. The van der Waals surface area contributed by atoms with Gasteiger partial charge in [-0.15, -0.1) is 0 Å². The smallest absolute Gasteiger partial charge is 0.0598 e. The fourth-order valence-corrected chi connectivity index (χ4v) is 4.41. The maximum Gasteiger partial charge on any atom is 0.0598 e. The highest BCUT2D eigenvalue weighted by Gasteiger charge is 2.21. The van der Waals surface area contributed by atoms with Crippen LogP contribution in [0.25, 0.3) is 0 Å². The number of ether oxygens (including phenoxy) is 1. The number of hydrogen-bond donors (Lipinski definition) is 1. The van der Waals surface area contributed by atoms with Crippen LogP contribution >= 0.6 is 0 Å². The summed E-state index contributed by atoms with van der Waals surface area (Å²) in [7, 11) is 0. The van der Waals surface area contributed by atoms with Gasteiger partial charge in [0.25, 0.3) is 0 Å². The Bertz CT molecular complexity index is 614. The van der Waals surface area contributed by atoms with Crippen molar-refractivity contribution in [1.82, 2.24) is 10.2 Å². The number of benzene rings is 1. The monoisotopic (exact) mass is 430 g/mol. The standard InChI is InChI=1S/C28H50N2O/c1-27(2,3)29-22-26-17-12-19-30(23-26)18-11-16-25-15-10-14-24(21-25)13-8-7-9-20-31-28(4,5)6/h10,14-15,21,26,29H,7-9,11-13,16-20,22-23H2,1-6H3. The minimum Gasteiger partial charge on any atom is -0.376 e. The van der Waals surface area contributed by atoms with Crippen molar-refractivity contribution in [2.24, 2.45) is 5.92 Å². The Morgan fingerprint density at radius 1 is 0.968 bits per heavy atom. The Hall–Kier alpha value is -0.900. The zero-order chi connectivity index (χ0) is 22.7. The van der Waals surface area contributed by atoms with E-state index in [1.54, 1.807) is 0 Å². The molecule has 0 spiro atoms. The summed E-state index contributed by atoms with van der Waals surface area (Å²) in [6, 6.07) is 9.31. The van der Waals surface area contributed by atoms with Crippen LogP contribution in [0.3, 0.4) is 0 Å². The SMILES string of the molecule is CC(C)(C)NCC1CCCN(CCCc2cccc(CCCCCOC(C)(C)C)c2)C1. The molecule has 178 valence electrons. The maximum absolute atomic E-state index is 5.82. The summed E-state index contributed by atoms with van der Waals surface area (Å²) in [4.78, 5) is 2.70. The van der Waals surface area contributed by atoms with E-state index in [1.165, 1.54) is 82.1 Å². The number of unbranched alkanes of at least 4 members (excludes halogenated alkanes) is 2. The van der Waals surface area contributed by atoms with Gasteiger partial charge in [-0.3, -0.25) is 0 Å². The maximum atomic E-state index is 5.82. The van der Waals surface area contributed by atoms with Crippen LogP contribution in [0.2, 0.25) is 0 Å². The van der Waals surface area contributed by atoms with Gasteiger partial charge in [0.15, 0.2) is 0 Å². The van der Waals surface area contributed by atoms with Crippen molar-refractivity contribution in [1.29, 1.82) is 0 Å². The molecule has 1 saturated heterocycles. The summed E-state index contributed by atoms with van der Waals surface area (Å²) in [5, 5.41) is 3.70. The number of hydrogen-bond acceptors (Lipinski definition) is 3. The molecule has 1 atom stereocenters. The van der Waals surface area contributed by atoms with Crippen LogP contribution in [0.1, 0.15) is 91.2 Å². The lowest BCUT2D eigenvalue weighted by Crippen LogP contribution is -2.44. The fourth-order valence-electron chi connectivity index (χ4n) is 4.41. The highest BCUT2D eigenvalue weighted by Crippen LogP contribution is 2.18. The van der Waals surface area contributed by atoms with Gasteiger partial charge in [0.1, 0.15) is 0 Å². The minimum absolute atomic E-state index is 0.00719. The van der Waals surface area contributed by atoms with Crippen LogP contribution in [-0.4, -0.2) is 48.8 Å². The minimum atomic E-state index is -0.00719. The predicted octanol–water partition coefficient (Wildman–Crippen LogP) is 6.25. The van der Waals surface area contributed by atoms with E-state index in [0.29, 0.717) is 0 Å². The molecule has 0 radical (unpaired) electrons. The van der Waals surface area contributed by atoms with Crippen LogP contribution in [0, 0.1) is 5.92 Å². The Labute approximate surface area is 193 Å². The normalized spacial score (nSPS) is 18.5. The highest BCUT2D eigenvalue weighted by molar-refractivity contribution is 5.23. The quantitative estimate of drug-likeness (QED) is 0.397. The second kappa shape index (κ2) is 13.0. The molecule has 1 aromatic carbocycles. The number of nitrogens with zero attached hydrogens (tertiary/aromatic N) is 1. The lowest BCUT2D eigenvalue weighted by atomic mass is 9.96. The molecule has 1 fully saturated rings. The molecule has 1 heterocycles. The van der Waals surface area contributed by atoms with E-state index in [-0.39, 0.29) is 11.1 Å². The fraction of sp³-hybridized carbons (Fsp3) is 0.786. The van der Waals surface area contributed by atoms with Gasteiger partial charge >= 0.3 is 0 Å². The van der Waals surface area contributed by atoms with E-state index in [0.717, 1.165) is 19.1 Å². The van der Waals surface area contributed by atoms with Crippen molar-refractivity contribution in [3.63, 3.8) is 0 Å². The molecule has 1 aliphatic rings. The lowest BCUT2D eigenvalue weighted by molar-refractivity contribution is -0.00469. The zero-order valence-corrected chi connectivity index (χ0v) is 21.4. The molecular formula is C28H50N2O. The van der Waals surface area contributed by atoms with Gasteiger partial charge in [-0.2, -0.15) is 0 Å². The summed E-state index contributed by atoms with van der Waals surface area (Å²) in [6.45, 7) is 19.0. The molecule has 1 aliphatic heterocycles. The van der Waals surface area contributed by atoms with Gasteiger partial charge in [0, 0.05) is 18.7 Å². The second-order valence-electron chi connectivity index (χ2n) is 11.6. The van der Waals surface area contributed by atoms with E-state index < -0.39 is 0 Å². The van der Waals surface area contributed by atoms with Crippen LogP contribution < -0.4 is 5.32 Å². The van der Waals surface area contributed by atoms with Crippen LogP contribution in [-0.2, 0) is 17.6 Å². The molecule has 0 saturated carbocycles. The Morgan fingerprint density at radius 2 is 1.68 bits per heavy atom. The van der Waals surface area contributed by atoms with Crippen molar-refractivity contribution in [2.75, 3.05) is 32.8 Å². The van der Waals surface area contributed by atoms with Crippen LogP contribution in [0.4, 0.5) is 0 Å². The lowest BCUT2D eigenvalue weighted by Gasteiger charge is -2.34. The molecule has 2 rings (SSSR count). The van der Waals surface area contributed by atoms with Crippen molar-refractivity contribution < 1.29 is 4.74 Å². The Morgan fingerprint density at radius 3 is 2.35 bits per heavy atom. The molecular weight excluding hydrogens is 380 g/mol. The number of piperidine rings is 1. The summed E-state index contributed by atoms with van der Waals surface area (Å²) in [5.74, 6) is 0.810. The molecule has 0 aromatic heterocycles. The van der Waals surface area contributed by atoms with Gasteiger partial charge in [0.2, 0.25) is 0 Å². The van der Waals surface area contributed by atoms with Crippen molar-refractivity contribution in [3.05, 3.63) is 35.4 Å². The predicted molar refractivity (Wildman–Crippen MR) is 135 cm³/mol. The average molecular weight is 431 g/mol. The molecule has 1 N–H and O–H groups in total. The summed E-state index contributed by atoms with van der Waals surface area (Å²) >= 11 is 0. The first kappa shape index (κ1) is 26.4. The Balaban J connectivity index is 1.63. The van der Waals surface area contributed by atoms with E-state index in [1.807, 2.05) is 0 Å². The molecule has 3 heteroatoms. The van der Waals surface area contributed by atoms with Crippen LogP contribution in [0.5, 0.6) is 0 Å². The van der Waals surface area contributed by atoms with E-state index in [9.17, 15) is 0 Å². The van der Waals surface area contributed by atoms with Gasteiger partial charge in [0.05, 0.1) is 5.60 Å². The largest absolute Gasteiger partial charge is 0.376 e. The van der Waals surface area contributed by atoms with Crippen molar-refractivity contribution in [3.8, 4) is 0 Å². The third-order valence-electron chi connectivity index (χ3n) is 6.10. The number of aryl methyl sites for hydroxylation is 2. The van der Waals surface area contributed by atoms with E-state index in [4.69, 9.17) is 4.74 Å². The Kier molecular flexibility index (Phi) is 11.0. The summed E-state index contributed by atoms with van der Waals surface area (Å²) in [5.41, 5.74) is 3.23. The number of rotatable bonds is 12. The van der Waals surface area contributed by atoms with Crippen LogP contribution in [0.15, 0.2) is 24.3 Å².